The molecule has 0 aromatic carbocycles. The first-order chi connectivity index (χ1) is 7.29. The van der Waals surface area contributed by atoms with E-state index in [1.165, 1.54) is 0 Å². The number of nitrogens with two attached hydrogens (primary N) is 1. The van der Waals surface area contributed by atoms with Crippen LogP contribution in [-0.4, -0.2) is 9.97 Å². The van der Waals surface area contributed by atoms with Crippen molar-refractivity contribution in [3.63, 3.8) is 0 Å². The maximum Gasteiger partial charge on any atom is 0.154 e. The Hall–Kier alpha value is -0.910. The summed E-state index contributed by atoms with van der Waals surface area (Å²) in [6, 6.07) is 3.94. The first kappa shape index (κ1) is 10.6. The van der Waals surface area contributed by atoms with Crippen molar-refractivity contribution in [2.75, 3.05) is 0 Å². The van der Waals surface area contributed by atoms with E-state index >= 15 is 0 Å². The second kappa shape index (κ2) is 4.74. The van der Waals surface area contributed by atoms with Crippen molar-refractivity contribution in [2.45, 2.75) is 22.7 Å². The number of hydrogen-bond donors (Lipinski definition) is 1. The summed E-state index contributed by atoms with van der Waals surface area (Å²) >= 11 is 3.27. The highest BCUT2D eigenvalue weighted by Crippen LogP contribution is 2.31. The number of thiazole rings is 1. The van der Waals surface area contributed by atoms with E-state index < -0.39 is 0 Å². The zero-order chi connectivity index (χ0) is 10.7. The van der Waals surface area contributed by atoms with Crippen LogP contribution in [0.3, 0.4) is 0 Å². The molecule has 5 heteroatoms. The first-order valence-corrected chi connectivity index (χ1v) is 6.23. The Morgan fingerprint density at radius 3 is 3.07 bits per heavy atom. The average molecular weight is 237 g/mol. The molecule has 0 aliphatic rings. The molecule has 2 aromatic heterocycles. The maximum atomic E-state index is 5.62. The zero-order valence-corrected chi connectivity index (χ0v) is 9.94. The van der Waals surface area contributed by atoms with Crippen molar-refractivity contribution < 1.29 is 0 Å². The highest BCUT2D eigenvalue weighted by molar-refractivity contribution is 8.01. The van der Waals surface area contributed by atoms with Crippen molar-refractivity contribution in [2.24, 2.45) is 5.73 Å². The van der Waals surface area contributed by atoms with Gasteiger partial charge in [0.15, 0.2) is 4.34 Å². The summed E-state index contributed by atoms with van der Waals surface area (Å²) in [5.74, 6) is 0. The highest BCUT2D eigenvalue weighted by Gasteiger charge is 2.06. The molecular formula is C10H11N3S2. The monoisotopic (exact) mass is 237 g/mol. The van der Waals surface area contributed by atoms with Gasteiger partial charge in [-0.2, -0.15) is 0 Å². The standard InChI is InChI=1S/C10H11N3S2/c1-7-6-14-10(13-7)15-9-3-2-4-12-8(9)5-11/h2-4,6H,5,11H2,1H3. The van der Waals surface area contributed by atoms with Crippen molar-refractivity contribution >= 4 is 23.1 Å². The average Bonchev–Trinajstić information content (AvgIpc) is 2.65. The van der Waals surface area contributed by atoms with Gasteiger partial charge < -0.3 is 5.73 Å². The topological polar surface area (TPSA) is 51.8 Å². The highest BCUT2D eigenvalue weighted by atomic mass is 32.2. The molecule has 0 bridgehead atoms. The van der Waals surface area contributed by atoms with E-state index in [1.54, 1.807) is 29.3 Å². The van der Waals surface area contributed by atoms with Crippen molar-refractivity contribution in [1.82, 2.24) is 9.97 Å². The lowest BCUT2D eigenvalue weighted by Gasteiger charge is -2.02. The van der Waals surface area contributed by atoms with Crippen LogP contribution in [0.4, 0.5) is 0 Å². The van der Waals surface area contributed by atoms with Crippen molar-refractivity contribution in [3.8, 4) is 0 Å². The van der Waals surface area contributed by atoms with E-state index in [0.717, 1.165) is 20.6 Å². The minimum absolute atomic E-state index is 0.466. The van der Waals surface area contributed by atoms with Gasteiger partial charge in [0.1, 0.15) is 0 Å². The van der Waals surface area contributed by atoms with Crippen LogP contribution in [0.5, 0.6) is 0 Å². The molecule has 0 saturated heterocycles. The Bertz CT molecular complexity index is 453. The molecule has 0 atom stereocenters. The van der Waals surface area contributed by atoms with E-state index in [9.17, 15) is 0 Å². The Morgan fingerprint density at radius 1 is 1.53 bits per heavy atom. The fourth-order valence-electron chi connectivity index (χ4n) is 1.14. The second-order valence-corrected chi connectivity index (χ2v) is 5.16. The van der Waals surface area contributed by atoms with E-state index in [2.05, 4.69) is 9.97 Å². The smallest absolute Gasteiger partial charge is 0.154 e. The van der Waals surface area contributed by atoms with Gasteiger partial charge in [0.05, 0.1) is 5.69 Å². The summed E-state index contributed by atoms with van der Waals surface area (Å²) in [5, 5.41) is 2.04. The minimum atomic E-state index is 0.466. The van der Waals surface area contributed by atoms with Crippen LogP contribution in [0, 0.1) is 6.92 Å². The zero-order valence-electron chi connectivity index (χ0n) is 8.30. The Morgan fingerprint density at radius 2 is 2.40 bits per heavy atom. The third-order valence-electron chi connectivity index (χ3n) is 1.84. The summed E-state index contributed by atoms with van der Waals surface area (Å²) in [4.78, 5) is 9.72. The van der Waals surface area contributed by atoms with Crippen LogP contribution < -0.4 is 5.73 Å². The number of pyridine rings is 1. The van der Waals surface area contributed by atoms with Crippen LogP contribution in [0.15, 0.2) is 32.9 Å². The quantitative estimate of drug-likeness (QED) is 0.891. The molecule has 0 spiro atoms. The molecule has 2 N–H and O–H groups in total. The lowest BCUT2D eigenvalue weighted by atomic mass is 10.3. The van der Waals surface area contributed by atoms with Gasteiger partial charge in [-0.1, -0.05) is 11.8 Å². The Balaban J connectivity index is 2.23. The summed E-state index contributed by atoms with van der Waals surface area (Å²) in [5.41, 5.74) is 7.60. The van der Waals surface area contributed by atoms with Crippen LogP contribution in [0.1, 0.15) is 11.4 Å². The fourth-order valence-corrected chi connectivity index (χ4v) is 3.05. The number of aryl methyl sites for hydroxylation is 1. The van der Waals surface area contributed by atoms with E-state index in [1.807, 2.05) is 24.4 Å². The third-order valence-corrected chi connectivity index (χ3v) is 3.99. The van der Waals surface area contributed by atoms with Gasteiger partial charge in [0.2, 0.25) is 0 Å². The van der Waals surface area contributed by atoms with Crippen molar-refractivity contribution in [3.05, 3.63) is 35.1 Å². The van der Waals surface area contributed by atoms with E-state index in [-0.39, 0.29) is 0 Å². The van der Waals surface area contributed by atoms with Gasteiger partial charge in [-0.25, -0.2) is 4.98 Å². The number of rotatable bonds is 3. The van der Waals surface area contributed by atoms with Gasteiger partial charge in [-0.05, 0) is 19.1 Å². The Kier molecular flexibility index (Phi) is 3.35. The van der Waals surface area contributed by atoms with Gasteiger partial charge in [-0.15, -0.1) is 11.3 Å². The molecule has 2 aromatic rings. The summed E-state index contributed by atoms with van der Waals surface area (Å²) in [6.07, 6.45) is 1.76. The van der Waals surface area contributed by atoms with E-state index in [4.69, 9.17) is 5.73 Å². The molecule has 2 heterocycles. The van der Waals surface area contributed by atoms with Crippen LogP contribution in [-0.2, 0) is 6.54 Å². The maximum absolute atomic E-state index is 5.62. The van der Waals surface area contributed by atoms with Crippen LogP contribution in [0.2, 0.25) is 0 Å². The van der Waals surface area contributed by atoms with Gasteiger partial charge >= 0.3 is 0 Å². The third kappa shape index (κ3) is 2.56. The SMILES string of the molecule is Cc1csc(Sc2cccnc2CN)n1. The largest absolute Gasteiger partial charge is 0.325 e. The molecule has 0 amide bonds. The van der Waals surface area contributed by atoms with Crippen LogP contribution >= 0.6 is 23.1 Å². The first-order valence-electron chi connectivity index (χ1n) is 4.53. The Labute approximate surface area is 96.8 Å². The lowest BCUT2D eigenvalue weighted by Crippen LogP contribution is -2.00. The van der Waals surface area contributed by atoms with Gasteiger partial charge in [0, 0.05) is 28.7 Å². The summed E-state index contributed by atoms with van der Waals surface area (Å²) < 4.78 is 1.04. The second-order valence-electron chi connectivity index (χ2n) is 3.01. The van der Waals surface area contributed by atoms with Crippen LogP contribution in [0.25, 0.3) is 0 Å². The molecule has 0 aliphatic heterocycles. The predicted octanol–water partition coefficient (Wildman–Crippen LogP) is 2.46. The number of nitrogens with zero attached hydrogens (tertiary/aromatic N) is 2. The lowest BCUT2D eigenvalue weighted by molar-refractivity contribution is 0.943. The molecule has 15 heavy (non-hydrogen) atoms. The molecule has 0 radical (unpaired) electrons. The number of aromatic nitrogens is 2. The predicted molar refractivity (Wildman–Crippen MR) is 63.1 cm³/mol. The fraction of sp³-hybridized carbons (Fsp3) is 0.200. The minimum Gasteiger partial charge on any atom is -0.325 e. The molecule has 2 rings (SSSR count). The molecule has 0 unspecified atom stereocenters. The normalized spacial score (nSPS) is 10.5. The molecule has 0 aliphatic carbocycles. The van der Waals surface area contributed by atoms with Crippen molar-refractivity contribution in [1.29, 1.82) is 0 Å². The summed E-state index contributed by atoms with van der Waals surface area (Å²) in [6.45, 7) is 2.46. The van der Waals surface area contributed by atoms with Gasteiger partial charge in [0.25, 0.3) is 0 Å². The number of hydrogen-bond acceptors (Lipinski definition) is 5. The van der Waals surface area contributed by atoms with Gasteiger partial charge in [-0.3, -0.25) is 4.98 Å². The van der Waals surface area contributed by atoms with E-state index in [0.29, 0.717) is 6.54 Å². The summed E-state index contributed by atoms with van der Waals surface area (Å²) in [7, 11) is 0. The molecule has 0 fully saturated rings. The molecule has 78 valence electrons. The molecule has 3 nitrogen and oxygen atoms in total. The molecule has 0 saturated carbocycles. The molecular weight excluding hydrogens is 226 g/mol.